The summed E-state index contributed by atoms with van der Waals surface area (Å²) < 4.78 is 24.8. The molecule has 41 heavy (non-hydrogen) atoms. The number of aliphatic imine (C=N–C) groups is 1. The molecule has 2 N–H and O–H groups in total. The van der Waals surface area contributed by atoms with Crippen LogP contribution in [-0.4, -0.2) is 47.0 Å². The Kier molecular flexibility index (Phi) is 9.10. The smallest absolute Gasteiger partial charge is 0.361 e. The Morgan fingerprint density at radius 3 is 2.27 bits per heavy atom. The number of piperidine rings is 1. The first-order valence-corrected chi connectivity index (χ1v) is 16.0. The Hall–Kier alpha value is -3.22. The van der Waals surface area contributed by atoms with Crippen LogP contribution >= 0.6 is 7.60 Å². The largest absolute Gasteiger partial charge is 0.494 e. The van der Waals surface area contributed by atoms with Gasteiger partial charge in [-0.2, -0.15) is 0 Å². The highest BCUT2D eigenvalue weighted by molar-refractivity contribution is 7.62. The van der Waals surface area contributed by atoms with Crippen molar-refractivity contribution < 1.29 is 18.7 Å². The number of nitrogens with one attached hydrogen (secondary N) is 1. The molecular formula is C33H40N3O4P. The van der Waals surface area contributed by atoms with Crippen LogP contribution in [0.1, 0.15) is 50.8 Å². The Balaban J connectivity index is 1.54. The van der Waals surface area contributed by atoms with Crippen molar-refractivity contribution in [2.24, 2.45) is 16.8 Å². The second-order valence-corrected chi connectivity index (χ2v) is 13.1. The number of nitrogens with zero attached hydrogens (tertiary/aromatic N) is 2. The van der Waals surface area contributed by atoms with Crippen LogP contribution in [0.2, 0.25) is 0 Å². The number of aromatic nitrogens is 1. The molecule has 0 aliphatic carbocycles. The molecule has 0 saturated carbocycles. The first kappa shape index (κ1) is 29.3. The van der Waals surface area contributed by atoms with E-state index in [4.69, 9.17) is 14.0 Å². The topological polar surface area (TPSA) is 87.1 Å². The van der Waals surface area contributed by atoms with Crippen molar-refractivity contribution in [3.63, 3.8) is 0 Å². The van der Waals surface area contributed by atoms with Gasteiger partial charge in [0.15, 0.2) is 5.88 Å². The Bertz CT molecular complexity index is 1530. The number of H-pyrrole nitrogens is 1. The minimum absolute atomic E-state index is 0.00707. The van der Waals surface area contributed by atoms with E-state index < -0.39 is 7.60 Å². The summed E-state index contributed by atoms with van der Waals surface area (Å²) in [4.78, 5) is 10.7. The third kappa shape index (κ3) is 6.65. The summed E-state index contributed by atoms with van der Waals surface area (Å²) >= 11 is 0. The second-order valence-electron chi connectivity index (χ2n) is 11.0. The Morgan fingerprint density at radius 2 is 1.63 bits per heavy atom. The van der Waals surface area contributed by atoms with Crippen molar-refractivity contribution >= 4 is 35.2 Å². The maximum absolute atomic E-state index is 13.6. The highest BCUT2D eigenvalue weighted by Gasteiger charge is 2.29. The van der Waals surface area contributed by atoms with Crippen LogP contribution in [0.3, 0.4) is 0 Å². The summed E-state index contributed by atoms with van der Waals surface area (Å²) in [5.74, 6) is 1.43. The van der Waals surface area contributed by atoms with Gasteiger partial charge in [-0.1, -0.05) is 56.3 Å². The highest BCUT2D eigenvalue weighted by Crippen LogP contribution is 2.47. The monoisotopic (exact) mass is 573 g/mol. The van der Waals surface area contributed by atoms with Gasteiger partial charge in [-0.25, -0.2) is 4.99 Å². The molecule has 8 heteroatoms. The van der Waals surface area contributed by atoms with E-state index in [1.165, 1.54) is 12.0 Å². The lowest BCUT2D eigenvalue weighted by Gasteiger charge is -2.35. The van der Waals surface area contributed by atoms with Crippen LogP contribution in [0, 0.1) is 11.8 Å². The number of hydrogen-bond donors (Lipinski definition) is 2. The van der Waals surface area contributed by atoms with Gasteiger partial charge in [-0.3, -0.25) is 9.46 Å². The third-order valence-corrected chi connectivity index (χ3v) is 9.60. The zero-order valence-electron chi connectivity index (χ0n) is 24.3. The fourth-order valence-corrected chi connectivity index (χ4v) is 7.54. The van der Waals surface area contributed by atoms with Crippen molar-refractivity contribution in [2.75, 3.05) is 26.3 Å². The number of aromatic hydroxyl groups is 1. The summed E-state index contributed by atoms with van der Waals surface area (Å²) in [7, 11) is -3.52. The third-order valence-electron chi connectivity index (χ3n) is 7.49. The zero-order valence-corrected chi connectivity index (χ0v) is 25.2. The molecule has 5 rings (SSSR count). The number of fused-ring (bicyclic) bond motifs is 1. The average Bonchev–Trinajstić information content (AvgIpc) is 3.27. The van der Waals surface area contributed by atoms with Crippen molar-refractivity contribution in [3.8, 4) is 5.88 Å². The quantitative estimate of drug-likeness (QED) is 0.152. The standard InChI is InChI=1S/C33H40N3O4P/c1-5-39-41(38,40-6-2)28-16-17-30-29(19-28)31(33(37)35-30)32(26-10-8-7-9-11-26)34-27-14-12-25(13-15-27)22-36-20-23(3)18-24(4)21-36/h7-17,19,23-24,35,37H,5-6,18,20-22H2,1-4H3. The van der Waals surface area contributed by atoms with Gasteiger partial charge in [-0.15, -0.1) is 0 Å². The van der Waals surface area contributed by atoms with E-state index in [2.05, 4.69) is 35.9 Å². The van der Waals surface area contributed by atoms with Crippen molar-refractivity contribution in [2.45, 2.75) is 40.7 Å². The minimum atomic E-state index is -3.52. The summed E-state index contributed by atoms with van der Waals surface area (Å²) in [6, 6.07) is 23.4. The molecular weight excluding hydrogens is 533 g/mol. The normalized spacial score (nSPS) is 18.7. The molecule has 1 aliphatic rings. The average molecular weight is 574 g/mol. The molecule has 4 aromatic rings. The van der Waals surface area contributed by atoms with Gasteiger partial charge < -0.3 is 19.1 Å². The fraction of sp³-hybridized carbons (Fsp3) is 0.364. The molecule has 3 aromatic carbocycles. The lowest BCUT2D eigenvalue weighted by Crippen LogP contribution is -2.38. The molecule has 1 aromatic heterocycles. The number of benzene rings is 3. The molecule has 2 heterocycles. The summed E-state index contributed by atoms with van der Waals surface area (Å²) in [6.07, 6.45) is 1.30. The molecule has 0 spiro atoms. The van der Waals surface area contributed by atoms with E-state index in [0.29, 0.717) is 27.5 Å². The molecule has 1 aliphatic heterocycles. The predicted octanol–water partition coefficient (Wildman–Crippen LogP) is 7.41. The van der Waals surface area contributed by atoms with Gasteiger partial charge in [0.25, 0.3) is 0 Å². The van der Waals surface area contributed by atoms with Gasteiger partial charge >= 0.3 is 7.60 Å². The van der Waals surface area contributed by atoms with Crippen LogP contribution in [0.15, 0.2) is 77.8 Å². The highest BCUT2D eigenvalue weighted by atomic mass is 31.2. The van der Waals surface area contributed by atoms with E-state index in [9.17, 15) is 9.67 Å². The van der Waals surface area contributed by atoms with Crippen molar-refractivity contribution in [1.82, 2.24) is 9.88 Å². The number of hydrogen-bond acceptors (Lipinski definition) is 6. The van der Waals surface area contributed by atoms with E-state index in [1.54, 1.807) is 32.0 Å². The molecule has 1 fully saturated rings. The van der Waals surface area contributed by atoms with Gasteiger partial charge in [0.05, 0.1) is 35.5 Å². The molecule has 216 valence electrons. The lowest BCUT2D eigenvalue weighted by atomic mass is 9.91. The first-order valence-electron chi connectivity index (χ1n) is 14.5. The van der Waals surface area contributed by atoms with E-state index in [1.807, 2.05) is 42.5 Å². The number of rotatable bonds is 10. The predicted molar refractivity (Wildman–Crippen MR) is 167 cm³/mol. The van der Waals surface area contributed by atoms with Crippen LogP contribution in [0.4, 0.5) is 5.69 Å². The van der Waals surface area contributed by atoms with Crippen molar-refractivity contribution in [3.05, 3.63) is 89.5 Å². The van der Waals surface area contributed by atoms with E-state index >= 15 is 0 Å². The fourth-order valence-electron chi connectivity index (χ4n) is 5.95. The first-order chi connectivity index (χ1) is 19.8. The van der Waals surface area contributed by atoms with Crippen LogP contribution in [-0.2, 0) is 20.2 Å². The molecule has 0 bridgehead atoms. The minimum Gasteiger partial charge on any atom is -0.494 e. The number of aromatic amines is 1. The molecule has 0 radical (unpaired) electrons. The molecule has 7 nitrogen and oxygen atoms in total. The van der Waals surface area contributed by atoms with Crippen LogP contribution in [0.25, 0.3) is 10.9 Å². The van der Waals surface area contributed by atoms with Crippen LogP contribution < -0.4 is 5.30 Å². The maximum atomic E-state index is 13.6. The molecule has 2 atom stereocenters. The second kappa shape index (κ2) is 12.7. The summed E-state index contributed by atoms with van der Waals surface area (Å²) in [5, 5.41) is 12.3. The van der Waals surface area contributed by atoms with Crippen molar-refractivity contribution in [1.29, 1.82) is 0 Å². The summed E-state index contributed by atoms with van der Waals surface area (Å²) in [5.41, 5.74) is 4.74. The lowest BCUT2D eigenvalue weighted by molar-refractivity contribution is 0.134. The summed E-state index contributed by atoms with van der Waals surface area (Å²) in [6.45, 7) is 11.9. The maximum Gasteiger partial charge on any atom is 0.361 e. The van der Waals surface area contributed by atoms with E-state index in [0.717, 1.165) is 42.7 Å². The Labute approximate surface area is 242 Å². The Morgan fingerprint density at radius 1 is 0.976 bits per heavy atom. The molecule has 2 unspecified atom stereocenters. The SMILES string of the molecule is CCOP(=O)(OCC)c1ccc2[nH]c(O)c(C(=Nc3ccc(CN4CC(C)CC(C)C4)cc3)c3ccccc3)c2c1. The van der Waals surface area contributed by atoms with Gasteiger partial charge in [-0.05, 0) is 68.0 Å². The number of likely N-dealkylation sites (tertiary alicyclic amines) is 1. The van der Waals surface area contributed by atoms with E-state index in [-0.39, 0.29) is 19.1 Å². The van der Waals surface area contributed by atoms with Gasteiger partial charge in [0.2, 0.25) is 0 Å². The molecule has 0 amide bonds. The van der Waals surface area contributed by atoms with Crippen LogP contribution in [0.5, 0.6) is 5.88 Å². The zero-order chi connectivity index (χ0) is 29.0. The van der Waals surface area contributed by atoms with Gasteiger partial charge in [0, 0.05) is 36.1 Å². The molecule has 1 saturated heterocycles. The van der Waals surface area contributed by atoms with Gasteiger partial charge in [0.1, 0.15) is 0 Å².